The molecule has 0 spiro atoms. The molecule has 0 amide bonds. The van der Waals surface area contributed by atoms with Gasteiger partial charge in [-0.3, -0.25) is 4.79 Å². The third-order valence-corrected chi connectivity index (χ3v) is 1.77. The second-order valence-corrected chi connectivity index (χ2v) is 2.70. The van der Waals surface area contributed by atoms with Crippen molar-refractivity contribution < 1.29 is 14.7 Å². The average molecular weight is 166 g/mol. The normalized spacial score (nSPS) is 15.3. The van der Waals surface area contributed by atoms with Crippen LogP contribution in [0.15, 0.2) is 24.3 Å². The number of aliphatic carboxylic acids is 1. The number of hydrogen-bond donors (Lipinski definition) is 1. The van der Waals surface area contributed by atoms with Gasteiger partial charge in [-0.15, -0.1) is 0 Å². The van der Waals surface area contributed by atoms with Gasteiger partial charge in [-0.2, -0.15) is 0 Å². The first-order chi connectivity index (χ1) is 5.70. The molecule has 1 aliphatic carbocycles. The molecule has 0 atom stereocenters. The summed E-state index contributed by atoms with van der Waals surface area (Å²) in [7, 11) is 0. The van der Waals surface area contributed by atoms with E-state index in [0.29, 0.717) is 6.42 Å². The largest absolute Gasteiger partial charge is 0.476 e. The topological polar surface area (TPSA) is 54.4 Å². The molecule has 0 fully saturated rings. The van der Waals surface area contributed by atoms with Gasteiger partial charge in [0.2, 0.25) is 5.78 Å². The molecule has 0 heterocycles. The van der Waals surface area contributed by atoms with Crippen molar-refractivity contribution in [3.8, 4) is 0 Å². The Bertz CT molecular complexity index is 238. The number of carbonyl (C=O) groups excluding carboxylic acids is 1. The first kappa shape index (κ1) is 8.71. The summed E-state index contributed by atoms with van der Waals surface area (Å²) >= 11 is 0. The van der Waals surface area contributed by atoms with Crippen LogP contribution in [0.5, 0.6) is 0 Å². The number of carboxylic acids is 1. The van der Waals surface area contributed by atoms with Gasteiger partial charge in [0, 0.05) is 6.42 Å². The number of carbonyl (C=O) groups is 2. The Balaban J connectivity index is 2.26. The average Bonchev–Trinajstić information content (AvgIpc) is 2.51. The quantitative estimate of drug-likeness (QED) is 0.637. The van der Waals surface area contributed by atoms with Gasteiger partial charge in [0.05, 0.1) is 0 Å². The van der Waals surface area contributed by atoms with Gasteiger partial charge in [0.1, 0.15) is 0 Å². The Morgan fingerprint density at radius 3 is 2.33 bits per heavy atom. The standard InChI is InChI=1S/C9H10O3/c10-8(9(11)12)6-5-7-3-1-2-4-7/h1-4,7H,5-6H2,(H,11,12). The van der Waals surface area contributed by atoms with Crippen LogP contribution in [0.25, 0.3) is 0 Å². The van der Waals surface area contributed by atoms with E-state index in [1.54, 1.807) is 0 Å². The van der Waals surface area contributed by atoms with E-state index in [2.05, 4.69) is 0 Å². The van der Waals surface area contributed by atoms with E-state index in [1.807, 2.05) is 24.3 Å². The highest BCUT2D eigenvalue weighted by Crippen LogP contribution is 2.14. The van der Waals surface area contributed by atoms with Crippen molar-refractivity contribution in [3.63, 3.8) is 0 Å². The van der Waals surface area contributed by atoms with Crippen molar-refractivity contribution in [2.75, 3.05) is 0 Å². The molecular weight excluding hydrogens is 156 g/mol. The molecule has 0 aromatic carbocycles. The van der Waals surface area contributed by atoms with Gasteiger partial charge in [0.25, 0.3) is 0 Å². The number of Topliss-reactive ketones (excluding diaryl/α,β-unsaturated/α-hetero) is 1. The lowest BCUT2D eigenvalue weighted by Crippen LogP contribution is -2.12. The molecule has 0 radical (unpaired) electrons. The molecule has 0 saturated heterocycles. The fraction of sp³-hybridized carbons (Fsp3) is 0.333. The molecule has 64 valence electrons. The number of allylic oxidation sites excluding steroid dienone is 4. The fourth-order valence-electron chi connectivity index (χ4n) is 1.08. The highest BCUT2D eigenvalue weighted by Gasteiger charge is 2.13. The molecule has 1 aliphatic rings. The third-order valence-electron chi connectivity index (χ3n) is 1.77. The molecule has 0 unspecified atom stereocenters. The van der Waals surface area contributed by atoms with Crippen LogP contribution in [0.3, 0.4) is 0 Å². The van der Waals surface area contributed by atoms with E-state index in [0.717, 1.165) is 0 Å². The van der Waals surface area contributed by atoms with E-state index in [-0.39, 0.29) is 12.3 Å². The zero-order chi connectivity index (χ0) is 8.97. The van der Waals surface area contributed by atoms with Gasteiger partial charge >= 0.3 is 5.97 Å². The van der Waals surface area contributed by atoms with Crippen LogP contribution in [-0.4, -0.2) is 16.9 Å². The van der Waals surface area contributed by atoms with Crippen LogP contribution in [0.1, 0.15) is 12.8 Å². The van der Waals surface area contributed by atoms with Gasteiger partial charge in [-0.05, 0) is 12.3 Å². The van der Waals surface area contributed by atoms with Gasteiger partial charge in [-0.1, -0.05) is 24.3 Å². The highest BCUT2D eigenvalue weighted by molar-refractivity contribution is 6.32. The first-order valence-corrected chi connectivity index (χ1v) is 3.81. The lowest BCUT2D eigenvalue weighted by Gasteiger charge is -2.00. The minimum Gasteiger partial charge on any atom is -0.476 e. The predicted molar refractivity (Wildman–Crippen MR) is 43.6 cm³/mol. The minimum absolute atomic E-state index is 0.120. The minimum atomic E-state index is -1.33. The molecule has 12 heavy (non-hydrogen) atoms. The molecule has 0 aliphatic heterocycles. The number of ketones is 1. The number of rotatable bonds is 4. The molecule has 0 aromatic heterocycles. The van der Waals surface area contributed by atoms with Gasteiger partial charge in [0.15, 0.2) is 0 Å². The SMILES string of the molecule is O=C(O)C(=O)CCC1C=CC=C1. The number of carboxylic acid groups (broad SMARTS) is 1. The first-order valence-electron chi connectivity index (χ1n) is 3.81. The summed E-state index contributed by atoms with van der Waals surface area (Å²) < 4.78 is 0. The Morgan fingerprint density at radius 2 is 1.83 bits per heavy atom. The lowest BCUT2D eigenvalue weighted by molar-refractivity contribution is -0.149. The van der Waals surface area contributed by atoms with Crippen molar-refractivity contribution in [1.82, 2.24) is 0 Å². The Hall–Kier alpha value is -1.38. The highest BCUT2D eigenvalue weighted by atomic mass is 16.4. The summed E-state index contributed by atoms with van der Waals surface area (Å²) in [5.74, 6) is -1.79. The smallest absolute Gasteiger partial charge is 0.372 e. The fourth-order valence-corrected chi connectivity index (χ4v) is 1.08. The molecule has 1 N–H and O–H groups in total. The van der Waals surface area contributed by atoms with Crippen molar-refractivity contribution in [2.24, 2.45) is 5.92 Å². The molecule has 1 rings (SSSR count). The van der Waals surface area contributed by atoms with Crippen LogP contribution in [0, 0.1) is 5.92 Å². The summed E-state index contributed by atoms with van der Waals surface area (Å²) in [5.41, 5.74) is 0. The van der Waals surface area contributed by atoms with Crippen LogP contribution >= 0.6 is 0 Å². The van der Waals surface area contributed by atoms with Crippen molar-refractivity contribution in [1.29, 1.82) is 0 Å². The monoisotopic (exact) mass is 166 g/mol. The summed E-state index contributed by atoms with van der Waals surface area (Å²) in [6.45, 7) is 0. The Kier molecular flexibility index (Phi) is 2.80. The number of hydrogen-bond acceptors (Lipinski definition) is 2. The maximum absolute atomic E-state index is 10.7. The lowest BCUT2D eigenvalue weighted by atomic mass is 10.0. The molecule has 3 nitrogen and oxygen atoms in total. The maximum Gasteiger partial charge on any atom is 0.372 e. The van der Waals surface area contributed by atoms with Crippen molar-refractivity contribution >= 4 is 11.8 Å². The van der Waals surface area contributed by atoms with Crippen LogP contribution < -0.4 is 0 Å². The van der Waals surface area contributed by atoms with Crippen LogP contribution in [-0.2, 0) is 9.59 Å². The van der Waals surface area contributed by atoms with Crippen molar-refractivity contribution in [2.45, 2.75) is 12.8 Å². The summed E-state index contributed by atoms with van der Waals surface area (Å²) in [4.78, 5) is 20.8. The van der Waals surface area contributed by atoms with Gasteiger partial charge in [-0.25, -0.2) is 4.79 Å². The summed E-state index contributed by atoms with van der Waals surface area (Å²) in [5, 5.41) is 8.27. The van der Waals surface area contributed by atoms with E-state index in [1.165, 1.54) is 0 Å². The second kappa shape index (κ2) is 3.85. The zero-order valence-electron chi connectivity index (χ0n) is 6.56. The summed E-state index contributed by atoms with van der Waals surface area (Å²) in [6.07, 6.45) is 8.42. The molecular formula is C9H10O3. The molecule has 0 saturated carbocycles. The predicted octanol–water partition coefficient (Wildman–Crippen LogP) is 1.16. The van der Waals surface area contributed by atoms with Gasteiger partial charge < -0.3 is 5.11 Å². The molecule has 0 aromatic rings. The zero-order valence-corrected chi connectivity index (χ0v) is 6.56. The molecule has 0 bridgehead atoms. The van der Waals surface area contributed by atoms with E-state index >= 15 is 0 Å². The third kappa shape index (κ3) is 2.34. The van der Waals surface area contributed by atoms with Crippen LogP contribution in [0.4, 0.5) is 0 Å². The maximum atomic E-state index is 10.7. The van der Waals surface area contributed by atoms with E-state index < -0.39 is 11.8 Å². The van der Waals surface area contributed by atoms with E-state index in [9.17, 15) is 9.59 Å². The summed E-state index contributed by atoms with van der Waals surface area (Å²) in [6, 6.07) is 0. The van der Waals surface area contributed by atoms with Crippen LogP contribution in [0.2, 0.25) is 0 Å². The second-order valence-electron chi connectivity index (χ2n) is 2.70. The molecule has 3 heteroatoms. The Labute approximate surface area is 70.4 Å². The van der Waals surface area contributed by atoms with Crippen molar-refractivity contribution in [3.05, 3.63) is 24.3 Å². The van der Waals surface area contributed by atoms with E-state index in [4.69, 9.17) is 5.11 Å². The Morgan fingerprint density at radius 1 is 1.25 bits per heavy atom.